The summed E-state index contributed by atoms with van der Waals surface area (Å²) in [5, 5.41) is 0.762. The van der Waals surface area contributed by atoms with Crippen LogP contribution < -0.4 is 9.80 Å². The molecule has 3 aromatic rings. The molecule has 0 aliphatic heterocycles. The van der Waals surface area contributed by atoms with E-state index in [0.29, 0.717) is 12.1 Å². The summed E-state index contributed by atoms with van der Waals surface area (Å²) in [6.07, 6.45) is 0. The van der Waals surface area contributed by atoms with Crippen molar-refractivity contribution in [3.8, 4) is 0 Å². The van der Waals surface area contributed by atoms with Crippen molar-refractivity contribution in [2.45, 2.75) is 27.7 Å². The van der Waals surface area contributed by atoms with Crippen LogP contribution in [0.1, 0.15) is 35.3 Å². The first-order valence-corrected chi connectivity index (χ1v) is 11.3. The van der Waals surface area contributed by atoms with E-state index in [1.807, 2.05) is 43.3 Å². The van der Waals surface area contributed by atoms with Gasteiger partial charge in [0.15, 0.2) is 5.13 Å². The third kappa shape index (κ3) is 4.82. The van der Waals surface area contributed by atoms with E-state index >= 15 is 0 Å². The molecule has 0 radical (unpaired) electrons. The fourth-order valence-corrected chi connectivity index (χ4v) is 4.78. The standard InChI is InChI=1S/C24H32N4OS/c1-7-27(8-2)20-11-9-19(10-12-20)23(29)28(14-13-26(5)6)24-25-22-18(4)15-17(3)16-21(22)30-24/h9-12,15-16H,7-8,13-14H2,1-6H3. The molecule has 3 rings (SSSR count). The zero-order valence-electron chi connectivity index (χ0n) is 18.9. The summed E-state index contributed by atoms with van der Waals surface area (Å²) in [5.74, 6) is -0.00335. The lowest BCUT2D eigenvalue weighted by Gasteiger charge is -2.23. The summed E-state index contributed by atoms with van der Waals surface area (Å²) in [7, 11) is 4.04. The number of hydrogen-bond acceptors (Lipinski definition) is 5. The van der Waals surface area contributed by atoms with Gasteiger partial charge in [-0.25, -0.2) is 4.98 Å². The number of fused-ring (bicyclic) bond motifs is 1. The van der Waals surface area contributed by atoms with Crippen LogP contribution in [0.15, 0.2) is 36.4 Å². The lowest BCUT2D eigenvalue weighted by Crippen LogP contribution is -2.36. The molecule has 1 heterocycles. The second kappa shape index (κ2) is 9.58. The number of likely N-dealkylation sites (N-methyl/N-ethyl adjacent to an activating group) is 1. The third-order valence-electron chi connectivity index (χ3n) is 5.31. The monoisotopic (exact) mass is 424 g/mol. The van der Waals surface area contributed by atoms with E-state index in [2.05, 4.69) is 49.6 Å². The molecule has 0 aliphatic rings. The number of benzene rings is 2. The molecule has 0 N–H and O–H groups in total. The van der Waals surface area contributed by atoms with Crippen LogP contribution >= 0.6 is 11.3 Å². The van der Waals surface area contributed by atoms with Crippen molar-refractivity contribution >= 4 is 38.3 Å². The number of carbonyl (C=O) groups is 1. The van der Waals surface area contributed by atoms with Gasteiger partial charge in [-0.15, -0.1) is 0 Å². The largest absolute Gasteiger partial charge is 0.372 e. The van der Waals surface area contributed by atoms with Gasteiger partial charge >= 0.3 is 0 Å². The third-order valence-corrected chi connectivity index (χ3v) is 6.33. The highest BCUT2D eigenvalue weighted by molar-refractivity contribution is 7.22. The van der Waals surface area contributed by atoms with E-state index in [1.54, 1.807) is 11.3 Å². The molecule has 5 nitrogen and oxygen atoms in total. The lowest BCUT2D eigenvalue weighted by molar-refractivity contribution is 0.0985. The van der Waals surface area contributed by atoms with Crippen LogP contribution in [-0.4, -0.2) is 56.1 Å². The first-order valence-electron chi connectivity index (χ1n) is 10.5. The molecule has 160 valence electrons. The normalized spacial score (nSPS) is 11.3. The van der Waals surface area contributed by atoms with Crippen molar-refractivity contribution in [2.75, 3.05) is 50.1 Å². The summed E-state index contributed by atoms with van der Waals surface area (Å²) in [5.41, 5.74) is 5.18. The van der Waals surface area contributed by atoms with E-state index in [-0.39, 0.29) is 5.91 Å². The van der Waals surface area contributed by atoms with Crippen LogP contribution in [0.5, 0.6) is 0 Å². The molecule has 0 saturated heterocycles. The summed E-state index contributed by atoms with van der Waals surface area (Å²) >= 11 is 1.59. The smallest absolute Gasteiger partial charge is 0.260 e. The topological polar surface area (TPSA) is 39.7 Å². The first-order chi connectivity index (χ1) is 14.3. The number of aromatic nitrogens is 1. The fourth-order valence-electron chi connectivity index (χ4n) is 3.62. The average Bonchev–Trinajstić information content (AvgIpc) is 3.13. The Hall–Kier alpha value is -2.44. The van der Waals surface area contributed by atoms with Gasteiger partial charge in [-0.3, -0.25) is 9.69 Å². The van der Waals surface area contributed by atoms with Gasteiger partial charge in [0.05, 0.1) is 10.2 Å². The Morgan fingerprint density at radius 3 is 2.27 bits per heavy atom. The van der Waals surface area contributed by atoms with Crippen molar-refractivity contribution in [1.29, 1.82) is 0 Å². The van der Waals surface area contributed by atoms with Crippen LogP contribution in [0, 0.1) is 13.8 Å². The maximum absolute atomic E-state index is 13.5. The van der Waals surface area contributed by atoms with E-state index in [4.69, 9.17) is 4.98 Å². The summed E-state index contributed by atoms with van der Waals surface area (Å²) in [6.45, 7) is 11.7. The minimum absolute atomic E-state index is 0.00335. The second-order valence-electron chi connectivity index (χ2n) is 7.90. The Bertz CT molecular complexity index is 1010. The molecule has 2 aromatic carbocycles. The zero-order chi connectivity index (χ0) is 21.8. The van der Waals surface area contributed by atoms with E-state index in [0.717, 1.165) is 46.2 Å². The summed E-state index contributed by atoms with van der Waals surface area (Å²) in [4.78, 5) is 24.5. The Labute approximate surface area is 183 Å². The zero-order valence-corrected chi connectivity index (χ0v) is 19.7. The fraction of sp³-hybridized carbons (Fsp3) is 0.417. The van der Waals surface area contributed by atoms with Gasteiger partial charge in [0, 0.05) is 37.4 Å². The molecule has 0 bridgehead atoms. The lowest BCUT2D eigenvalue weighted by atomic mass is 10.1. The molecule has 0 unspecified atom stereocenters. The van der Waals surface area contributed by atoms with Crippen molar-refractivity contribution in [2.24, 2.45) is 0 Å². The highest BCUT2D eigenvalue weighted by atomic mass is 32.1. The molecule has 0 atom stereocenters. The maximum atomic E-state index is 13.5. The van der Waals surface area contributed by atoms with Crippen LogP contribution in [-0.2, 0) is 0 Å². The molecule has 0 saturated carbocycles. The number of rotatable bonds is 8. The van der Waals surface area contributed by atoms with Crippen molar-refractivity contribution < 1.29 is 4.79 Å². The quantitative estimate of drug-likeness (QED) is 0.512. The predicted octanol–water partition coefficient (Wildman–Crippen LogP) is 4.97. The number of aryl methyl sites for hydroxylation is 2. The van der Waals surface area contributed by atoms with Crippen LogP contribution in [0.3, 0.4) is 0 Å². The summed E-state index contributed by atoms with van der Waals surface area (Å²) < 4.78 is 1.13. The van der Waals surface area contributed by atoms with E-state index in [9.17, 15) is 4.79 Å². The molecular weight excluding hydrogens is 392 g/mol. The molecular formula is C24H32N4OS. The average molecular weight is 425 g/mol. The first kappa shape index (κ1) is 22.2. The van der Waals surface area contributed by atoms with Gasteiger partial charge in [0.25, 0.3) is 5.91 Å². The van der Waals surface area contributed by atoms with Crippen molar-refractivity contribution in [3.63, 3.8) is 0 Å². The number of nitrogens with zero attached hydrogens (tertiary/aromatic N) is 4. The van der Waals surface area contributed by atoms with Crippen molar-refractivity contribution in [1.82, 2.24) is 9.88 Å². The Morgan fingerprint density at radius 2 is 1.67 bits per heavy atom. The van der Waals surface area contributed by atoms with E-state index < -0.39 is 0 Å². The van der Waals surface area contributed by atoms with Gasteiger partial charge in [-0.1, -0.05) is 17.4 Å². The Morgan fingerprint density at radius 1 is 1.00 bits per heavy atom. The highest BCUT2D eigenvalue weighted by Crippen LogP contribution is 2.32. The molecule has 0 fully saturated rings. The molecule has 0 spiro atoms. The van der Waals surface area contributed by atoms with Crippen LogP contribution in [0.2, 0.25) is 0 Å². The number of thiazole rings is 1. The molecule has 30 heavy (non-hydrogen) atoms. The Kier molecular flexibility index (Phi) is 7.10. The van der Waals surface area contributed by atoms with Crippen molar-refractivity contribution in [3.05, 3.63) is 53.1 Å². The molecule has 0 aliphatic carbocycles. The van der Waals surface area contributed by atoms with Gasteiger partial charge in [-0.2, -0.15) is 0 Å². The van der Waals surface area contributed by atoms with Gasteiger partial charge in [0.2, 0.25) is 0 Å². The molecule has 6 heteroatoms. The van der Waals surface area contributed by atoms with Crippen LogP contribution in [0.4, 0.5) is 10.8 Å². The minimum Gasteiger partial charge on any atom is -0.372 e. The number of anilines is 2. The number of carbonyl (C=O) groups excluding carboxylic acids is 1. The molecule has 1 aromatic heterocycles. The van der Waals surface area contributed by atoms with Gasteiger partial charge in [-0.05, 0) is 83.2 Å². The van der Waals surface area contributed by atoms with E-state index in [1.165, 1.54) is 5.56 Å². The summed E-state index contributed by atoms with van der Waals surface area (Å²) in [6, 6.07) is 12.2. The van der Waals surface area contributed by atoms with Gasteiger partial charge in [0.1, 0.15) is 0 Å². The SMILES string of the molecule is CCN(CC)c1ccc(C(=O)N(CCN(C)C)c2nc3c(C)cc(C)cc3s2)cc1. The van der Waals surface area contributed by atoms with Crippen LogP contribution in [0.25, 0.3) is 10.2 Å². The maximum Gasteiger partial charge on any atom is 0.260 e. The highest BCUT2D eigenvalue weighted by Gasteiger charge is 2.22. The van der Waals surface area contributed by atoms with Gasteiger partial charge < -0.3 is 9.80 Å². The molecule has 1 amide bonds. The minimum atomic E-state index is -0.00335. The Balaban J connectivity index is 1.95. The second-order valence-corrected chi connectivity index (χ2v) is 8.91. The number of amides is 1. The number of hydrogen-bond donors (Lipinski definition) is 0. The predicted molar refractivity (Wildman–Crippen MR) is 129 cm³/mol.